The topological polar surface area (TPSA) is 55.1 Å². The van der Waals surface area contributed by atoms with E-state index in [1.54, 1.807) is 0 Å². The Morgan fingerprint density at radius 2 is 2.06 bits per heavy atom. The highest BCUT2D eigenvalue weighted by molar-refractivity contribution is 5.75. The number of hydrogen-bond donors (Lipinski definition) is 2. The molecule has 0 aliphatic carbocycles. The Morgan fingerprint density at radius 3 is 2.65 bits per heavy atom. The SMILES string of the molecule is Cc1ccc(CNC(=O)CCC(C)N)cc1C. The lowest BCUT2D eigenvalue weighted by molar-refractivity contribution is -0.121. The second-order valence-corrected chi connectivity index (χ2v) is 4.71. The Bertz CT molecular complexity index is 386. The van der Waals surface area contributed by atoms with Crippen LogP contribution >= 0.6 is 0 Å². The van der Waals surface area contributed by atoms with Gasteiger partial charge >= 0.3 is 0 Å². The summed E-state index contributed by atoms with van der Waals surface area (Å²) in [5.41, 5.74) is 9.28. The van der Waals surface area contributed by atoms with E-state index in [1.807, 2.05) is 13.0 Å². The summed E-state index contributed by atoms with van der Waals surface area (Å²) in [5, 5.41) is 2.91. The summed E-state index contributed by atoms with van der Waals surface area (Å²) < 4.78 is 0. The van der Waals surface area contributed by atoms with Gasteiger partial charge in [0.05, 0.1) is 0 Å². The molecule has 0 aromatic heterocycles. The Kier molecular flexibility index (Phi) is 5.16. The number of hydrogen-bond acceptors (Lipinski definition) is 2. The van der Waals surface area contributed by atoms with Crippen LogP contribution in [0, 0.1) is 13.8 Å². The Morgan fingerprint density at radius 1 is 1.35 bits per heavy atom. The quantitative estimate of drug-likeness (QED) is 0.819. The summed E-state index contributed by atoms with van der Waals surface area (Å²) in [6.45, 7) is 6.67. The fourth-order valence-electron chi connectivity index (χ4n) is 1.56. The number of aryl methyl sites for hydroxylation is 2. The highest BCUT2D eigenvalue weighted by Gasteiger charge is 2.03. The average molecular weight is 234 g/mol. The molecule has 0 aliphatic rings. The van der Waals surface area contributed by atoms with Gasteiger partial charge in [0.2, 0.25) is 5.91 Å². The summed E-state index contributed by atoms with van der Waals surface area (Å²) in [4.78, 5) is 11.5. The standard InChI is InChI=1S/C14H22N2O/c1-10-4-6-13(8-11(10)2)9-16-14(17)7-5-12(3)15/h4,6,8,12H,5,7,9,15H2,1-3H3,(H,16,17). The number of carbonyl (C=O) groups excluding carboxylic acids is 1. The first-order valence-electron chi connectivity index (χ1n) is 6.07. The van der Waals surface area contributed by atoms with Crippen molar-refractivity contribution in [2.75, 3.05) is 0 Å². The van der Waals surface area contributed by atoms with Gasteiger partial charge in [-0.3, -0.25) is 4.79 Å². The molecule has 1 rings (SSSR count). The monoisotopic (exact) mass is 234 g/mol. The van der Waals surface area contributed by atoms with Crippen LogP contribution in [0.2, 0.25) is 0 Å². The van der Waals surface area contributed by atoms with E-state index in [0.717, 1.165) is 12.0 Å². The third kappa shape index (κ3) is 5.00. The van der Waals surface area contributed by atoms with Crippen LogP contribution in [0.3, 0.4) is 0 Å². The third-order valence-corrected chi connectivity index (χ3v) is 2.89. The summed E-state index contributed by atoms with van der Waals surface area (Å²) in [7, 11) is 0. The molecule has 0 saturated heterocycles. The van der Waals surface area contributed by atoms with E-state index in [4.69, 9.17) is 5.73 Å². The van der Waals surface area contributed by atoms with E-state index in [-0.39, 0.29) is 11.9 Å². The van der Waals surface area contributed by atoms with Crippen LogP contribution in [0.1, 0.15) is 36.5 Å². The van der Waals surface area contributed by atoms with E-state index >= 15 is 0 Å². The zero-order valence-corrected chi connectivity index (χ0v) is 10.9. The van der Waals surface area contributed by atoms with Gasteiger partial charge in [0.1, 0.15) is 0 Å². The van der Waals surface area contributed by atoms with Gasteiger partial charge in [-0.1, -0.05) is 18.2 Å². The highest BCUT2D eigenvalue weighted by atomic mass is 16.1. The molecule has 1 aromatic carbocycles. The molecule has 0 bridgehead atoms. The van der Waals surface area contributed by atoms with E-state index < -0.39 is 0 Å². The molecular weight excluding hydrogens is 212 g/mol. The van der Waals surface area contributed by atoms with Crippen LogP contribution in [0.5, 0.6) is 0 Å². The van der Waals surface area contributed by atoms with Crippen molar-refractivity contribution in [2.24, 2.45) is 5.73 Å². The molecule has 1 atom stereocenters. The van der Waals surface area contributed by atoms with E-state index in [9.17, 15) is 4.79 Å². The van der Waals surface area contributed by atoms with Crippen molar-refractivity contribution in [1.29, 1.82) is 0 Å². The van der Waals surface area contributed by atoms with Gasteiger partial charge in [0, 0.05) is 19.0 Å². The molecule has 1 aromatic rings. The fraction of sp³-hybridized carbons (Fsp3) is 0.500. The molecule has 17 heavy (non-hydrogen) atoms. The molecule has 1 unspecified atom stereocenters. The molecule has 3 nitrogen and oxygen atoms in total. The molecule has 0 fully saturated rings. The number of rotatable bonds is 5. The number of nitrogens with two attached hydrogens (primary N) is 1. The lowest BCUT2D eigenvalue weighted by atomic mass is 10.1. The second kappa shape index (κ2) is 6.40. The first-order valence-corrected chi connectivity index (χ1v) is 6.07. The average Bonchev–Trinajstić information content (AvgIpc) is 2.28. The Balaban J connectivity index is 2.39. The smallest absolute Gasteiger partial charge is 0.220 e. The molecule has 0 spiro atoms. The van der Waals surface area contributed by atoms with Crippen molar-refractivity contribution in [3.63, 3.8) is 0 Å². The van der Waals surface area contributed by atoms with Crippen molar-refractivity contribution in [3.8, 4) is 0 Å². The summed E-state index contributed by atoms with van der Waals surface area (Å²) in [5.74, 6) is 0.0699. The van der Waals surface area contributed by atoms with Gasteiger partial charge in [-0.2, -0.15) is 0 Å². The van der Waals surface area contributed by atoms with Crippen LogP contribution in [-0.4, -0.2) is 11.9 Å². The molecule has 0 saturated carbocycles. The summed E-state index contributed by atoms with van der Waals surface area (Å²) in [6, 6.07) is 6.33. The molecule has 0 radical (unpaired) electrons. The van der Waals surface area contributed by atoms with Gasteiger partial charge in [-0.05, 0) is 43.9 Å². The van der Waals surface area contributed by atoms with E-state index in [2.05, 4.69) is 31.3 Å². The summed E-state index contributed by atoms with van der Waals surface area (Å²) in [6.07, 6.45) is 1.24. The van der Waals surface area contributed by atoms with Crippen LogP contribution in [0.25, 0.3) is 0 Å². The van der Waals surface area contributed by atoms with Gasteiger partial charge in [0.25, 0.3) is 0 Å². The maximum Gasteiger partial charge on any atom is 0.220 e. The minimum Gasteiger partial charge on any atom is -0.352 e. The first kappa shape index (κ1) is 13.7. The number of carbonyl (C=O) groups is 1. The van der Waals surface area contributed by atoms with Crippen molar-refractivity contribution in [3.05, 3.63) is 34.9 Å². The normalized spacial score (nSPS) is 12.2. The molecule has 3 heteroatoms. The Hall–Kier alpha value is -1.35. The summed E-state index contributed by atoms with van der Waals surface area (Å²) >= 11 is 0. The fourth-order valence-corrected chi connectivity index (χ4v) is 1.56. The molecule has 0 aliphatic heterocycles. The van der Waals surface area contributed by atoms with Crippen molar-refractivity contribution >= 4 is 5.91 Å². The molecule has 3 N–H and O–H groups in total. The number of amides is 1. The zero-order chi connectivity index (χ0) is 12.8. The van der Waals surface area contributed by atoms with E-state index in [1.165, 1.54) is 11.1 Å². The molecular formula is C14H22N2O. The van der Waals surface area contributed by atoms with Crippen molar-refractivity contribution in [1.82, 2.24) is 5.32 Å². The maximum atomic E-state index is 11.5. The largest absolute Gasteiger partial charge is 0.352 e. The lowest BCUT2D eigenvalue weighted by Gasteiger charge is -2.08. The molecule has 1 amide bonds. The predicted molar refractivity (Wildman–Crippen MR) is 70.6 cm³/mol. The number of benzene rings is 1. The molecule has 0 heterocycles. The van der Waals surface area contributed by atoms with E-state index in [0.29, 0.717) is 13.0 Å². The van der Waals surface area contributed by atoms with Gasteiger partial charge < -0.3 is 11.1 Å². The Labute approximate surface area is 103 Å². The van der Waals surface area contributed by atoms with Crippen LogP contribution < -0.4 is 11.1 Å². The third-order valence-electron chi connectivity index (χ3n) is 2.89. The zero-order valence-electron chi connectivity index (χ0n) is 10.9. The minimum absolute atomic E-state index is 0.0699. The van der Waals surface area contributed by atoms with Crippen LogP contribution in [-0.2, 0) is 11.3 Å². The maximum absolute atomic E-state index is 11.5. The van der Waals surface area contributed by atoms with Gasteiger partial charge in [-0.15, -0.1) is 0 Å². The van der Waals surface area contributed by atoms with Crippen molar-refractivity contribution < 1.29 is 4.79 Å². The van der Waals surface area contributed by atoms with Crippen molar-refractivity contribution in [2.45, 2.75) is 46.2 Å². The van der Waals surface area contributed by atoms with Gasteiger partial charge in [-0.25, -0.2) is 0 Å². The first-order chi connectivity index (χ1) is 7.99. The minimum atomic E-state index is 0.0699. The lowest BCUT2D eigenvalue weighted by Crippen LogP contribution is -2.25. The highest BCUT2D eigenvalue weighted by Crippen LogP contribution is 2.09. The van der Waals surface area contributed by atoms with Gasteiger partial charge in [0.15, 0.2) is 0 Å². The number of nitrogens with one attached hydrogen (secondary N) is 1. The predicted octanol–water partition coefficient (Wildman–Crippen LogP) is 2.05. The van der Waals surface area contributed by atoms with Crippen LogP contribution in [0.4, 0.5) is 0 Å². The molecule has 94 valence electrons. The second-order valence-electron chi connectivity index (χ2n) is 4.71. The van der Waals surface area contributed by atoms with Crippen LogP contribution in [0.15, 0.2) is 18.2 Å².